The Balaban J connectivity index is 1.70. The number of unbranched alkanes of at least 4 members (excludes halogenated alkanes) is 1. The zero-order valence-corrected chi connectivity index (χ0v) is 16.2. The summed E-state index contributed by atoms with van der Waals surface area (Å²) in [5, 5.41) is 6.50. The second-order valence-electron chi connectivity index (χ2n) is 6.51. The van der Waals surface area contributed by atoms with E-state index in [9.17, 15) is 13.6 Å². The highest BCUT2D eigenvalue weighted by atomic mass is 19.1. The average Bonchev–Trinajstić information content (AvgIpc) is 3.21. The summed E-state index contributed by atoms with van der Waals surface area (Å²) in [4.78, 5) is 17.8. The summed E-state index contributed by atoms with van der Waals surface area (Å²) in [7, 11) is 1.52. The van der Waals surface area contributed by atoms with Gasteiger partial charge in [-0.25, -0.2) is 8.78 Å². The molecule has 0 radical (unpaired) electrons. The van der Waals surface area contributed by atoms with E-state index in [-0.39, 0.29) is 17.7 Å². The number of hydrogen-bond donors (Lipinski definition) is 1. The molecule has 0 spiro atoms. The molecule has 6 nitrogen and oxygen atoms in total. The first-order valence-corrected chi connectivity index (χ1v) is 9.31. The Bertz CT molecular complexity index is 918. The van der Waals surface area contributed by atoms with E-state index in [4.69, 9.17) is 14.3 Å². The summed E-state index contributed by atoms with van der Waals surface area (Å²) in [6.45, 7) is 2.56. The summed E-state index contributed by atoms with van der Waals surface area (Å²) >= 11 is 0. The second kappa shape index (κ2) is 9.36. The van der Waals surface area contributed by atoms with Gasteiger partial charge in [-0.15, -0.1) is 0 Å². The molecule has 1 heterocycles. The molecule has 2 aromatic carbocycles. The van der Waals surface area contributed by atoms with Gasteiger partial charge in [0.25, 0.3) is 5.91 Å². The summed E-state index contributed by atoms with van der Waals surface area (Å²) < 4.78 is 38.3. The van der Waals surface area contributed by atoms with Gasteiger partial charge in [-0.3, -0.25) is 4.79 Å². The number of rotatable bonds is 8. The Morgan fingerprint density at radius 1 is 1.28 bits per heavy atom. The fourth-order valence-electron chi connectivity index (χ4n) is 2.80. The van der Waals surface area contributed by atoms with Crippen LogP contribution in [0.5, 0.6) is 11.5 Å². The van der Waals surface area contributed by atoms with Gasteiger partial charge in [0.2, 0.25) is 6.10 Å². The van der Waals surface area contributed by atoms with Gasteiger partial charge in [0.05, 0.1) is 25.1 Å². The predicted molar refractivity (Wildman–Crippen MR) is 104 cm³/mol. The van der Waals surface area contributed by atoms with Crippen molar-refractivity contribution in [3.63, 3.8) is 0 Å². The van der Waals surface area contributed by atoms with Crippen molar-refractivity contribution in [2.45, 2.75) is 32.3 Å². The standard InChI is InChI=1S/C21H22F2N2O4/c1-3-4-9-28-19-8-6-14(27-2)11-18(19)24-21(26)20-12-17(25-29-20)15-10-13(22)5-7-16(15)23/h5-8,10-11,20H,3-4,9,12H2,1-2H3,(H,24,26). The van der Waals surface area contributed by atoms with E-state index >= 15 is 0 Å². The number of nitrogens with one attached hydrogen (secondary N) is 1. The molecule has 0 saturated carbocycles. The Labute approximate surface area is 167 Å². The molecule has 2 aromatic rings. The van der Waals surface area contributed by atoms with Gasteiger partial charge < -0.3 is 19.6 Å². The number of methoxy groups -OCH3 is 1. The molecule has 0 aromatic heterocycles. The van der Waals surface area contributed by atoms with Crippen LogP contribution in [-0.2, 0) is 9.63 Å². The number of carbonyl (C=O) groups excluding carboxylic acids is 1. The molecule has 1 amide bonds. The van der Waals surface area contributed by atoms with E-state index in [0.717, 1.165) is 31.0 Å². The average molecular weight is 404 g/mol. The molecular formula is C21H22F2N2O4. The highest BCUT2D eigenvalue weighted by molar-refractivity contribution is 6.06. The molecule has 1 unspecified atom stereocenters. The molecule has 1 N–H and O–H groups in total. The Kier molecular flexibility index (Phi) is 6.64. The zero-order valence-electron chi connectivity index (χ0n) is 16.2. The maximum Gasteiger partial charge on any atom is 0.268 e. The fraction of sp³-hybridized carbons (Fsp3) is 0.333. The lowest BCUT2D eigenvalue weighted by Crippen LogP contribution is -2.28. The summed E-state index contributed by atoms with van der Waals surface area (Å²) in [5.74, 6) is -0.650. The highest BCUT2D eigenvalue weighted by Crippen LogP contribution is 2.30. The van der Waals surface area contributed by atoms with Crippen LogP contribution >= 0.6 is 0 Å². The van der Waals surface area contributed by atoms with Gasteiger partial charge in [0.15, 0.2) is 0 Å². The van der Waals surface area contributed by atoms with Gasteiger partial charge in [-0.2, -0.15) is 0 Å². The van der Waals surface area contributed by atoms with Crippen LogP contribution in [0.1, 0.15) is 31.7 Å². The van der Waals surface area contributed by atoms with E-state index in [0.29, 0.717) is 23.8 Å². The van der Waals surface area contributed by atoms with Crippen LogP contribution in [0.3, 0.4) is 0 Å². The maximum absolute atomic E-state index is 13.9. The number of benzene rings is 2. The van der Waals surface area contributed by atoms with Crippen molar-refractivity contribution in [3.05, 3.63) is 53.6 Å². The molecule has 0 aliphatic carbocycles. The molecule has 0 fully saturated rings. The van der Waals surface area contributed by atoms with Crippen molar-refractivity contribution in [1.29, 1.82) is 0 Å². The second-order valence-corrected chi connectivity index (χ2v) is 6.51. The maximum atomic E-state index is 13.9. The first-order valence-electron chi connectivity index (χ1n) is 9.31. The highest BCUT2D eigenvalue weighted by Gasteiger charge is 2.31. The molecule has 3 rings (SSSR count). The topological polar surface area (TPSA) is 69.2 Å². The molecule has 1 aliphatic rings. The Hall–Kier alpha value is -3.16. The van der Waals surface area contributed by atoms with Crippen LogP contribution in [0.15, 0.2) is 41.6 Å². The molecule has 0 bridgehead atoms. The Morgan fingerprint density at radius 2 is 2.10 bits per heavy atom. The summed E-state index contributed by atoms with van der Waals surface area (Å²) in [6.07, 6.45) is 0.899. The minimum Gasteiger partial charge on any atom is -0.497 e. The number of nitrogens with zero attached hydrogens (tertiary/aromatic N) is 1. The monoisotopic (exact) mass is 404 g/mol. The molecule has 154 valence electrons. The van der Waals surface area contributed by atoms with Crippen LogP contribution in [-0.4, -0.2) is 31.4 Å². The van der Waals surface area contributed by atoms with Crippen LogP contribution in [0, 0.1) is 11.6 Å². The normalized spacial score (nSPS) is 15.4. The number of anilines is 1. The van der Waals surface area contributed by atoms with E-state index < -0.39 is 23.6 Å². The van der Waals surface area contributed by atoms with Crippen molar-refractivity contribution in [2.75, 3.05) is 19.0 Å². The van der Waals surface area contributed by atoms with E-state index in [1.807, 2.05) is 0 Å². The van der Waals surface area contributed by atoms with Gasteiger partial charge in [-0.05, 0) is 36.8 Å². The van der Waals surface area contributed by atoms with Crippen molar-refractivity contribution in [3.8, 4) is 11.5 Å². The number of halogens is 2. The van der Waals surface area contributed by atoms with Crippen molar-refractivity contribution in [2.24, 2.45) is 5.16 Å². The smallest absolute Gasteiger partial charge is 0.268 e. The summed E-state index contributed by atoms with van der Waals surface area (Å²) in [5.41, 5.74) is 0.580. The van der Waals surface area contributed by atoms with Gasteiger partial charge in [0, 0.05) is 18.1 Å². The lowest BCUT2D eigenvalue weighted by Gasteiger charge is -2.15. The van der Waals surface area contributed by atoms with Crippen LogP contribution in [0.2, 0.25) is 0 Å². The first-order chi connectivity index (χ1) is 14.0. The predicted octanol–water partition coefficient (Wildman–Crippen LogP) is 4.28. The number of carbonyl (C=O) groups is 1. The number of hydrogen-bond acceptors (Lipinski definition) is 5. The molecule has 0 saturated heterocycles. The third-order valence-corrected chi connectivity index (χ3v) is 4.40. The molecule has 8 heteroatoms. The van der Waals surface area contributed by atoms with Gasteiger partial charge in [-0.1, -0.05) is 18.5 Å². The minimum absolute atomic E-state index is 0.0161. The molecular weight excluding hydrogens is 382 g/mol. The van der Waals surface area contributed by atoms with Gasteiger partial charge in [0.1, 0.15) is 23.1 Å². The van der Waals surface area contributed by atoms with Crippen molar-refractivity contribution >= 4 is 17.3 Å². The number of ether oxygens (including phenoxy) is 2. The largest absolute Gasteiger partial charge is 0.497 e. The SMILES string of the molecule is CCCCOc1ccc(OC)cc1NC(=O)C1CC(c2cc(F)ccc2F)=NO1. The first kappa shape index (κ1) is 20.6. The molecule has 29 heavy (non-hydrogen) atoms. The van der Waals surface area contributed by atoms with Gasteiger partial charge >= 0.3 is 0 Å². The quantitative estimate of drug-likeness (QED) is 0.667. The third-order valence-electron chi connectivity index (χ3n) is 4.40. The van der Waals surface area contributed by atoms with Crippen LogP contribution in [0.25, 0.3) is 0 Å². The van der Waals surface area contributed by atoms with E-state index in [1.54, 1.807) is 18.2 Å². The lowest BCUT2D eigenvalue weighted by molar-refractivity contribution is -0.125. The Morgan fingerprint density at radius 3 is 2.86 bits per heavy atom. The van der Waals surface area contributed by atoms with Crippen molar-refractivity contribution < 1.29 is 27.9 Å². The lowest BCUT2D eigenvalue weighted by atomic mass is 10.0. The van der Waals surface area contributed by atoms with Crippen LogP contribution in [0.4, 0.5) is 14.5 Å². The van der Waals surface area contributed by atoms with Crippen LogP contribution < -0.4 is 14.8 Å². The number of amides is 1. The zero-order chi connectivity index (χ0) is 20.8. The number of oxime groups is 1. The minimum atomic E-state index is -0.970. The molecule has 1 aliphatic heterocycles. The molecule has 1 atom stereocenters. The summed E-state index contributed by atoms with van der Waals surface area (Å²) in [6, 6.07) is 8.14. The van der Waals surface area contributed by atoms with E-state index in [2.05, 4.69) is 17.4 Å². The van der Waals surface area contributed by atoms with E-state index in [1.165, 1.54) is 7.11 Å². The van der Waals surface area contributed by atoms with Crippen molar-refractivity contribution in [1.82, 2.24) is 0 Å². The third kappa shape index (κ3) is 5.01. The fourth-order valence-corrected chi connectivity index (χ4v) is 2.80.